The van der Waals surface area contributed by atoms with Gasteiger partial charge in [0, 0.05) is 13.1 Å². The standard InChI is InChI=1S/C11H11F2NO5S/c12-8-3-6(11(16)17)4-9(10(8)13)20(18,19)14-2-1-7(15)5-14/h3-4,7,15H,1-2,5H2,(H,16,17)/t7-/m1/s1. The van der Waals surface area contributed by atoms with Crippen molar-refractivity contribution in [3.05, 3.63) is 29.3 Å². The highest BCUT2D eigenvalue weighted by Crippen LogP contribution is 2.26. The number of nitrogens with zero attached hydrogens (tertiary/aromatic N) is 1. The number of halogens is 2. The molecule has 2 rings (SSSR count). The molecule has 1 aliphatic heterocycles. The number of hydrogen-bond acceptors (Lipinski definition) is 4. The number of rotatable bonds is 3. The van der Waals surface area contributed by atoms with Gasteiger partial charge in [-0.1, -0.05) is 0 Å². The molecule has 0 aromatic heterocycles. The van der Waals surface area contributed by atoms with E-state index in [4.69, 9.17) is 5.11 Å². The summed E-state index contributed by atoms with van der Waals surface area (Å²) in [6.07, 6.45) is -0.692. The number of hydrogen-bond donors (Lipinski definition) is 2. The minimum Gasteiger partial charge on any atom is -0.478 e. The number of carboxylic acids is 1. The summed E-state index contributed by atoms with van der Waals surface area (Å²) in [7, 11) is -4.39. The molecule has 1 heterocycles. The minimum atomic E-state index is -4.39. The predicted molar refractivity (Wildman–Crippen MR) is 62.7 cm³/mol. The molecule has 0 amide bonds. The summed E-state index contributed by atoms with van der Waals surface area (Å²) < 4.78 is 52.1. The number of benzene rings is 1. The van der Waals surface area contributed by atoms with Gasteiger partial charge >= 0.3 is 5.97 Å². The van der Waals surface area contributed by atoms with Crippen molar-refractivity contribution in [3.63, 3.8) is 0 Å². The van der Waals surface area contributed by atoms with E-state index in [0.717, 1.165) is 4.31 Å². The Balaban J connectivity index is 2.54. The molecule has 0 spiro atoms. The summed E-state index contributed by atoms with van der Waals surface area (Å²) in [6.45, 7) is -0.275. The molecule has 2 N–H and O–H groups in total. The van der Waals surface area contributed by atoms with Crippen LogP contribution in [0.5, 0.6) is 0 Å². The number of β-amino-alcohol motifs (C(OH)–C–C–N with tert-alkyl or cyclic N) is 1. The van der Waals surface area contributed by atoms with E-state index >= 15 is 0 Å². The van der Waals surface area contributed by atoms with Gasteiger partial charge in [-0.05, 0) is 18.6 Å². The first kappa shape index (κ1) is 14.8. The molecule has 1 fully saturated rings. The molecule has 1 aromatic carbocycles. The third kappa shape index (κ3) is 2.51. The largest absolute Gasteiger partial charge is 0.478 e. The first-order valence-electron chi connectivity index (χ1n) is 5.64. The summed E-state index contributed by atoms with van der Waals surface area (Å²) in [5.41, 5.74) is -0.665. The van der Waals surface area contributed by atoms with Crippen molar-refractivity contribution in [1.29, 1.82) is 0 Å². The maximum atomic E-state index is 13.7. The summed E-state index contributed by atoms with van der Waals surface area (Å²) in [6, 6.07) is 0.982. The first-order chi connectivity index (χ1) is 9.23. The lowest BCUT2D eigenvalue weighted by Gasteiger charge is -2.16. The number of carboxylic acid groups (broad SMARTS) is 1. The third-order valence-corrected chi connectivity index (χ3v) is 4.85. The van der Waals surface area contributed by atoms with Crippen molar-refractivity contribution in [3.8, 4) is 0 Å². The summed E-state index contributed by atoms with van der Waals surface area (Å²) in [5, 5.41) is 18.1. The summed E-state index contributed by atoms with van der Waals surface area (Å²) >= 11 is 0. The Kier molecular flexibility index (Phi) is 3.76. The average Bonchev–Trinajstić information content (AvgIpc) is 2.79. The van der Waals surface area contributed by atoms with Crippen LogP contribution in [0.4, 0.5) is 8.78 Å². The molecule has 20 heavy (non-hydrogen) atoms. The average molecular weight is 307 g/mol. The Morgan fingerprint density at radius 2 is 2.00 bits per heavy atom. The van der Waals surface area contributed by atoms with Crippen LogP contribution in [0.3, 0.4) is 0 Å². The normalized spacial score (nSPS) is 20.2. The molecule has 1 aromatic rings. The lowest BCUT2D eigenvalue weighted by molar-refractivity contribution is 0.0696. The van der Waals surface area contributed by atoms with Crippen LogP contribution >= 0.6 is 0 Å². The van der Waals surface area contributed by atoms with Gasteiger partial charge in [-0.2, -0.15) is 4.31 Å². The van der Waals surface area contributed by atoms with Gasteiger partial charge in [0.2, 0.25) is 10.0 Å². The molecular weight excluding hydrogens is 296 g/mol. The van der Waals surface area contributed by atoms with E-state index in [-0.39, 0.29) is 19.5 Å². The molecule has 1 saturated heterocycles. The number of carbonyl (C=O) groups is 1. The van der Waals surface area contributed by atoms with E-state index in [1.165, 1.54) is 0 Å². The Bertz CT molecular complexity index is 661. The highest BCUT2D eigenvalue weighted by atomic mass is 32.2. The van der Waals surface area contributed by atoms with Gasteiger partial charge in [-0.25, -0.2) is 22.0 Å². The van der Waals surface area contributed by atoms with E-state index in [9.17, 15) is 27.1 Å². The number of sulfonamides is 1. The van der Waals surface area contributed by atoms with Gasteiger partial charge in [0.05, 0.1) is 11.7 Å². The molecule has 1 aliphatic rings. The van der Waals surface area contributed by atoms with Crippen LogP contribution < -0.4 is 0 Å². The van der Waals surface area contributed by atoms with Gasteiger partial charge in [0.15, 0.2) is 11.6 Å². The quantitative estimate of drug-likeness (QED) is 0.844. The highest BCUT2D eigenvalue weighted by Gasteiger charge is 2.35. The van der Waals surface area contributed by atoms with Crippen LogP contribution in [-0.4, -0.2) is 48.1 Å². The molecule has 0 aliphatic carbocycles. The minimum absolute atomic E-state index is 0.0398. The van der Waals surface area contributed by atoms with Gasteiger partial charge < -0.3 is 10.2 Å². The molecule has 0 unspecified atom stereocenters. The molecular formula is C11H11F2NO5S. The molecule has 110 valence electrons. The zero-order valence-corrected chi connectivity index (χ0v) is 10.9. The number of aromatic carboxylic acids is 1. The summed E-state index contributed by atoms with van der Waals surface area (Å²) in [4.78, 5) is 9.74. The highest BCUT2D eigenvalue weighted by molar-refractivity contribution is 7.89. The van der Waals surface area contributed by atoms with Crippen molar-refractivity contribution >= 4 is 16.0 Å². The second-order valence-electron chi connectivity index (χ2n) is 4.38. The Hall–Kier alpha value is -1.58. The molecule has 0 radical (unpaired) electrons. The molecule has 0 saturated carbocycles. The third-order valence-electron chi connectivity index (χ3n) is 2.99. The topological polar surface area (TPSA) is 94.9 Å². The fourth-order valence-corrected chi connectivity index (χ4v) is 3.54. The van der Waals surface area contributed by atoms with E-state index in [1.807, 2.05) is 0 Å². The lowest BCUT2D eigenvalue weighted by atomic mass is 10.2. The lowest BCUT2D eigenvalue weighted by Crippen LogP contribution is -2.30. The Morgan fingerprint density at radius 3 is 2.50 bits per heavy atom. The Morgan fingerprint density at radius 1 is 1.35 bits per heavy atom. The van der Waals surface area contributed by atoms with Crippen LogP contribution in [0.1, 0.15) is 16.8 Å². The predicted octanol–water partition coefficient (Wildman–Crippen LogP) is 0.418. The number of aliphatic hydroxyl groups is 1. The zero-order valence-electron chi connectivity index (χ0n) is 10.1. The van der Waals surface area contributed by atoms with Crippen LogP contribution in [0.2, 0.25) is 0 Å². The maximum Gasteiger partial charge on any atom is 0.335 e. The smallest absolute Gasteiger partial charge is 0.335 e. The monoisotopic (exact) mass is 307 g/mol. The fourth-order valence-electron chi connectivity index (χ4n) is 1.94. The van der Waals surface area contributed by atoms with Crippen molar-refractivity contribution in [2.45, 2.75) is 17.4 Å². The molecule has 9 heteroatoms. The van der Waals surface area contributed by atoms with E-state index < -0.39 is 44.2 Å². The number of aliphatic hydroxyl groups excluding tert-OH is 1. The van der Waals surface area contributed by atoms with Crippen molar-refractivity contribution in [1.82, 2.24) is 4.31 Å². The molecule has 0 bridgehead atoms. The second kappa shape index (κ2) is 5.08. The Labute approximate surface area is 113 Å². The van der Waals surface area contributed by atoms with E-state index in [1.54, 1.807) is 0 Å². The van der Waals surface area contributed by atoms with Crippen LogP contribution in [0.15, 0.2) is 17.0 Å². The van der Waals surface area contributed by atoms with Gasteiger partial charge in [0.1, 0.15) is 4.90 Å². The second-order valence-corrected chi connectivity index (χ2v) is 6.29. The van der Waals surface area contributed by atoms with E-state index in [0.29, 0.717) is 12.1 Å². The maximum absolute atomic E-state index is 13.7. The van der Waals surface area contributed by atoms with Crippen LogP contribution in [0.25, 0.3) is 0 Å². The fraction of sp³-hybridized carbons (Fsp3) is 0.364. The van der Waals surface area contributed by atoms with Crippen molar-refractivity contribution < 1.29 is 32.2 Å². The molecule has 6 nitrogen and oxygen atoms in total. The van der Waals surface area contributed by atoms with Crippen molar-refractivity contribution in [2.24, 2.45) is 0 Å². The van der Waals surface area contributed by atoms with Crippen LogP contribution in [-0.2, 0) is 10.0 Å². The SMILES string of the molecule is O=C(O)c1cc(F)c(F)c(S(=O)(=O)N2CC[C@@H](O)C2)c1. The first-order valence-corrected chi connectivity index (χ1v) is 7.08. The summed E-state index contributed by atoms with van der Waals surface area (Å²) in [5.74, 6) is -4.75. The van der Waals surface area contributed by atoms with Gasteiger partial charge in [-0.15, -0.1) is 0 Å². The van der Waals surface area contributed by atoms with Crippen LogP contribution in [0, 0.1) is 11.6 Å². The molecule has 1 atom stereocenters. The van der Waals surface area contributed by atoms with Gasteiger partial charge in [0.25, 0.3) is 0 Å². The van der Waals surface area contributed by atoms with E-state index in [2.05, 4.69) is 0 Å². The van der Waals surface area contributed by atoms with Crippen molar-refractivity contribution in [2.75, 3.05) is 13.1 Å². The van der Waals surface area contributed by atoms with Gasteiger partial charge in [-0.3, -0.25) is 0 Å². The zero-order chi connectivity index (χ0) is 15.1.